The van der Waals surface area contributed by atoms with Crippen LogP contribution in [-0.2, 0) is 0 Å². The van der Waals surface area contributed by atoms with Crippen LogP contribution < -0.4 is 10.1 Å². The predicted octanol–water partition coefficient (Wildman–Crippen LogP) is 6.31. The number of ether oxygens (including phenoxy) is 1. The number of anilines is 1. The largest absolute Gasteiger partial charge is 0.457 e. The van der Waals surface area contributed by atoms with E-state index in [1.807, 2.05) is 54.6 Å². The number of hydrogen-bond donors (Lipinski definition) is 1. The third kappa shape index (κ3) is 4.76. The van der Waals surface area contributed by atoms with Gasteiger partial charge in [-0.1, -0.05) is 48.5 Å². The van der Waals surface area contributed by atoms with Crippen molar-refractivity contribution in [2.75, 3.05) is 5.32 Å². The number of nitro groups is 1. The molecule has 0 radical (unpaired) electrons. The van der Waals surface area contributed by atoms with E-state index in [0.29, 0.717) is 17.1 Å². The maximum absolute atomic E-state index is 12.8. The summed E-state index contributed by atoms with van der Waals surface area (Å²) in [6.45, 7) is 0. The van der Waals surface area contributed by atoms with E-state index in [-0.39, 0.29) is 11.6 Å². The summed E-state index contributed by atoms with van der Waals surface area (Å²) in [6.07, 6.45) is 0. The van der Waals surface area contributed by atoms with Crippen LogP contribution in [-0.4, -0.2) is 10.8 Å². The molecule has 4 aromatic rings. The third-order valence-electron chi connectivity index (χ3n) is 4.66. The van der Waals surface area contributed by atoms with Gasteiger partial charge in [-0.15, -0.1) is 0 Å². The zero-order valence-electron chi connectivity index (χ0n) is 16.4. The molecule has 4 aromatic carbocycles. The van der Waals surface area contributed by atoms with Gasteiger partial charge in [0, 0.05) is 28.9 Å². The lowest BCUT2D eigenvalue weighted by atomic mass is 10.0. The highest BCUT2D eigenvalue weighted by Crippen LogP contribution is 2.28. The average molecular weight is 410 g/mol. The molecule has 1 N–H and O–H groups in total. The van der Waals surface area contributed by atoms with Crippen molar-refractivity contribution in [1.29, 1.82) is 0 Å². The Balaban J connectivity index is 1.46. The quantitative estimate of drug-likeness (QED) is 0.298. The minimum atomic E-state index is -0.465. The Kier molecular flexibility index (Phi) is 5.71. The maximum Gasteiger partial charge on any atom is 0.269 e. The van der Waals surface area contributed by atoms with E-state index in [1.54, 1.807) is 24.3 Å². The number of nitrogens with one attached hydrogen (secondary N) is 1. The molecule has 0 aliphatic carbocycles. The Hall–Kier alpha value is -4.45. The first-order valence-electron chi connectivity index (χ1n) is 9.58. The van der Waals surface area contributed by atoms with Gasteiger partial charge in [-0.2, -0.15) is 0 Å². The second-order valence-electron chi connectivity index (χ2n) is 6.74. The molecule has 6 nitrogen and oxygen atoms in total. The van der Waals surface area contributed by atoms with Gasteiger partial charge in [-0.05, 0) is 48.0 Å². The number of rotatable bonds is 6. The summed E-state index contributed by atoms with van der Waals surface area (Å²) in [5.74, 6) is 0.764. The number of nitrogens with zero attached hydrogens (tertiary/aromatic N) is 1. The van der Waals surface area contributed by atoms with Crippen LogP contribution in [0.15, 0.2) is 103 Å². The van der Waals surface area contributed by atoms with Crippen LogP contribution in [0.1, 0.15) is 10.4 Å². The number of benzene rings is 4. The van der Waals surface area contributed by atoms with Crippen molar-refractivity contribution in [3.63, 3.8) is 0 Å². The molecule has 0 unspecified atom stereocenters. The van der Waals surface area contributed by atoms with Crippen LogP contribution in [0.3, 0.4) is 0 Å². The minimum Gasteiger partial charge on any atom is -0.457 e. The van der Waals surface area contributed by atoms with Gasteiger partial charge in [0.2, 0.25) is 0 Å². The van der Waals surface area contributed by atoms with Gasteiger partial charge in [0.1, 0.15) is 11.5 Å². The molecule has 0 spiro atoms. The molecule has 31 heavy (non-hydrogen) atoms. The van der Waals surface area contributed by atoms with E-state index >= 15 is 0 Å². The van der Waals surface area contributed by atoms with Crippen LogP contribution in [0.5, 0.6) is 11.5 Å². The fraction of sp³-hybridized carbons (Fsp3) is 0. The number of nitro benzene ring substituents is 1. The second kappa shape index (κ2) is 8.92. The molecule has 0 saturated carbocycles. The Bertz CT molecular complexity index is 1200. The fourth-order valence-corrected chi connectivity index (χ4v) is 3.10. The first-order valence-corrected chi connectivity index (χ1v) is 9.58. The van der Waals surface area contributed by atoms with E-state index in [4.69, 9.17) is 4.74 Å². The highest BCUT2D eigenvalue weighted by Gasteiger charge is 2.11. The Labute approximate surface area is 178 Å². The molecule has 0 aliphatic rings. The summed E-state index contributed by atoms with van der Waals surface area (Å²) in [6, 6.07) is 30.0. The molecule has 6 heteroatoms. The third-order valence-corrected chi connectivity index (χ3v) is 4.66. The van der Waals surface area contributed by atoms with Crippen molar-refractivity contribution in [3.8, 4) is 22.6 Å². The Morgan fingerprint density at radius 2 is 1.32 bits per heavy atom. The van der Waals surface area contributed by atoms with Gasteiger partial charge in [0.15, 0.2) is 0 Å². The van der Waals surface area contributed by atoms with E-state index in [1.165, 1.54) is 24.3 Å². The fourth-order valence-electron chi connectivity index (χ4n) is 3.10. The van der Waals surface area contributed by atoms with Crippen molar-refractivity contribution in [2.24, 2.45) is 0 Å². The normalized spacial score (nSPS) is 10.3. The van der Waals surface area contributed by atoms with Crippen LogP contribution in [0.25, 0.3) is 11.1 Å². The highest BCUT2D eigenvalue weighted by atomic mass is 16.6. The van der Waals surface area contributed by atoms with Gasteiger partial charge in [0.25, 0.3) is 11.6 Å². The van der Waals surface area contributed by atoms with E-state index in [0.717, 1.165) is 16.8 Å². The summed E-state index contributed by atoms with van der Waals surface area (Å²) in [4.78, 5) is 23.0. The van der Waals surface area contributed by atoms with Crippen molar-refractivity contribution >= 4 is 17.3 Å². The summed E-state index contributed by atoms with van der Waals surface area (Å²) >= 11 is 0. The molecule has 0 heterocycles. The van der Waals surface area contributed by atoms with Crippen LogP contribution in [0.2, 0.25) is 0 Å². The maximum atomic E-state index is 12.8. The van der Waals surface area contributed by atoms with Crippen molar-refractivity contribution in [1.82, 2.24) is 0 Å². The lowest BCUT2D eigenvalue weighted by Crippen LogP contribution is -2.12. The average Bonchev–Trinajstić information content (AvgIpc) is 2.81. The van der Waals surface area contributed by atoms with E-state index < -0.39 is 4.92 Å². The van der Waals surface area contributed by atoms with E-state index in [2.05, 4.69) is 5.32 Å². The van der Waals surface area contributed by atoms with Crippen molar-refractivity contribution < 1.29 is 14.5 Å². The van der Waals surface area contributed by atoms with Gasteiger partial charge in [-0.3, -0.25) is 14.9 Å². The molecule has 4 rings (SSSR count). The molecule has 0 aliphatic heterocycles. The minimum absolute atomic E-state index is 0.00449. The second-order valence-corrected chi connectivity index (χ2v) is 6.74. The zero-order valence-corrected chi connectivity index (χ0v) is 16.4. The Morgan fingerprint density at radius 3 is 1.97 bits per heavy atom. The molecule has 0 fully saturated rings. The van der Waals surface area contributed by atoms with E-state index in [9.17, 15) is 14.9 Å². The molecular formula is C25H18N2O4. The van der Waals surface area contributed by atoms with Gasteiger partial charge in [0.05, 0.1) is 4.92 Å². The summed E-state index contributed by atoms with van der Waals surface area (Å²) in [5.41, 5.74) is 3.17. The van der Waals surface area contributed by atoms with Crippen LogP contribution in [0.4, 0.5) is 11.4 Å². The van der Waals surface area contributed by atoms with Crippen molar-refractivity contribution in [2.45, 2.75) is 0 Å². The summed E-state index contributed by atoms with van der Waals surface area (Å²) in [5, 5.41) is 13.7. The SMILES string of the molecule is O=C(Nc1ccccc1-c1ccccc1)c1ccc(Oc2ccc([N+](=O)[O-])cc2)cc1. The molecule has 0 atom stereocenters. The topological polar surface area (TPSA) is 81.5 Å². The molecule has 0 saturated heterocycles. The number of hydrogen-bond acceptors (Lipinski definition) is 4. The number of amides is 1. The van der Waals surface area contributed by atoms with Crippen molar-refractivity contribution in [3.05, 3.63) is 119 Å². The molecule has 0 bridgehead atoms. The zero-order chi connectivity index (χ0) is 21.6. The Morgan fingerprint density at radius 1 is 0.742 bits per heavy atom. The molecular weight excluding hydrogens is 392 g/mol. The number of carbonyl (C=O) groups is 1. The lowest BCUT2D eigenvalue weighted by molar-refractivity contribution is -0.384. The van der Waals surface area contributed by atoms with Gasteiger partial charge >= 0.3 is 0 Å². The number of para-hydroxylation sites is 1. The summed E-state index contributed by atoms with van der Waals surface area (Å²) in [7, 11) is 0. The van der Waals surface area contributed by atoms with Crippen LogP contribution >= 0.6 is 0 Å². The number of carbonyl (C=O) groups excluding carboxylic acids is 1. The first-order chi connectivity index (χ1) is 15.1. The number of non-ortho nitro benzene ring substituents is 1. The lowest BCUT2D eigenvalue weighted by Gasteiger charge is -2.12. The van der Waals surface area contributed by atoms with Gasteiger partial charge < -0.3 is 10.1 Å². The first kappa shape index (κ1) is 19.8. The standard InChI is InChI=1S/C25H18N2O4/c28-25(26-24-9-5-4-8-23(24)18-6-2-1-3-7-18)19-10-14-21(15-11-19)31-22-16-12-20(13-17-22)27(29)30/h1-17H,(H,26,28). The molecule has 152 valence electrons. The smallest absolute Gasteiger partial charge is 0.269 e. The summed E-state index contributed by atoms with van der Waals surface area (Å²) < 4.78 is 5.69. The highest BCUT2D eigenvalue weighted by molar-refractivity contribution is 6.06. The predicted molar refractivity (Wildman–Crippen MR) is 119 cm³/mol. The monoisotopic (exact) mass is 410 g/mol. The molecule has 0 aromatic heterocycles. The van der Waals surface area contributed by atoms with Crippen LogP contribution in [0, 0.1) is 10.1 Å². The van der Waals surface area contributed by atoms with Gasteiger partial charge in [-0.25, -0.2) is 0 Å². The molecule has 1 amide bonds.